The Morgan fingerprint density at radius 2 is 1.46 bits per heavy atom. The van der Waals surface area contributed by atoms with Crippen LogP contribution >= 0.6 is 0 Å². The minimum absolute atomic E-state index is 0.00346. The van der Waals surface area contributed by atoms with E-state index in [9.17, 15) is 28.8 Å². The molecule has 0 spiro atoms. The molecule has 1 saturated heterocycles. The van der Waals surface area contributed by atoms with E-state index in [1.165, 1.54) is 18.2 Å². The van der Waals surface area contributed by atoms with Crippen LogP contribution in [0, 0.1) is 0 Å². The summed E-state index contributed by atoms with van der Waals surface area (Å²) in [5, 5.41) is 9.69. The summed E-state index contributed by atoms with van der Waals surface area (Å²) in [6.07, 6.45) is 5.34. The third-order valence-corrected chi connectivity index (χ3v) is 9.49. The van der Waals surface area contributed by atoms with Crippen LogP contribution in [0.1, 0.15) is 33.6 Å². The van der Waals surface area contributed by atoms with E-state index in [1.807, 2.05) is 24.4 Å². The third kappa shape index (κ3) is 9.86. The van der Waals surface area contributed by atoms with Crippen molar-refractivity contribution in [3.8, 4) is 22.8 Å². The Kier molecular flexibility index (Phi) is 13.1. The zero-order valence-corrected chi connectivity index (χ0v) is 31.8. The molecule has 0 aliphatic carbocycles. The molecule has 5 heterocycles. The fourth-order valence-electron chi connectivity index (χ4n) is 6.62. The lowest BCUT2D eigenvalue weighted by Crippen LogP contribution is -2.54. The van der Waals surface area contributed by atoms with E-state index in [0.29, 0.717) is 38.9 Å². The van der Waals surface area contributed by atoms with Crippen LogP contribution in [0.4, 0.5) is 0 Å². The molecule has 0 bridgehead atoms. The van der Waals surface area contributed by atoms with Crippen LogP contribution in [-0.2, 0) is 33.4 Å². The van der Waals surface area contributed by atoms with Crippen molar-refractivity contribution in [2.45, 2.75) is 18.9 Å². The Hall–Kier alpha value is -6.76. The zero-order chi connectivity index (χ0) is 41.1. The molecule has 0 radical (unpaired) electrons. The molecule has 2 aliphatic rings. The molecule has 1 atom stereocenters. The second-order valence-electron chi connectivity index (χ2n) is 13.4. The molecule has 3 aromatic heterocycles. The number of aromatic nitrogens is 3. The molecular formula is C41H41N7O11. The van der Waals surface area contributed by atoms with Gasteiger partial charge < -0.3 is 39.3 Å². The Bertz CT molecular complexity index is 2370. The van der Waals surface area contributed by atoms with Crippen molar-refractivity contribution in [2.75, 3.05) is 65.9 Å². The monoisotopic (exact) mass is 807 g/mol. The number of hydrogen-bond donors (Lipinski definition) is 4. The number of carbonyl (C=O) groups is 6. The number of H-pyrrole nitrogens is 1. The van der Waals surface area contributed by atoms with Crippen molar-refractivity contribution in [1.82, 2.24) is 35.8 Å². The van der Waals surface area contributed by atoms with Crippen molar-refractivity contribution >= 4 is 57.2 Å². The number of aromatic amines is 1. The van der Waals surface area contributed by atoms with Crippen molar-refractivity contribution in [3.63, 3.8) is 0 Å². The Morgan fingerprint density at radius 3 is 2.17 bits per heavy atom. The van der Waals surface area contributed by atoms with E-state index < -0.39 is 42.2 Å². The molecule has 18 heteroatoms. The van der Waals surface area contributed by atoms with Gasteiger partial charge in [-0.1, -0.05) is 18.2 Å². The van der Waals surface area contributed by atoms with Crippen molar-refractivity contribution < 1.29 is 52.5 Å². The van der Waals surface area contributed by atoms with Crippen molar-refractivity contribution in [2.24, 2.45) is 0 Å². The van der Waals surface area contributed by atoms with Gasteiger partial charge in [-0.25, -0.2) is 4.98 Å². The Balaban J connectivity index is 0.687. The number of amides is 6. The fourth-order valence-corrected chi connectivity index (χ4v) is 6.62. The number of hydrogen-bond acceptors (Lipinski definition) is 13. The highest BCUT2D eigenvalue weighted by Gasteiger charge is 2.46. The van der Waals surface area contributed by atoms with Gasteiger partial charge in [0.25, 0.3) is 23.6 Å². The lowest BCUT2D eigenvalue weighted by atomic mass is 10.0. The number of benzene rings is 2. The summed E-state index contributed by atoms with van der Waals surface area (Å²) in [6, 6.07) is 15.0. The zero-order valence-electron chi connectivity index (χ0n) is 31.8. The number of fused-ring (bicyclic) bond motifs is 4. The van der Waals surface area contributed by atoms with Gasteiger partial charge in [0.05, 0.1) is 50.8 Å². The second-order valence-corrected chi connectivity index (χ2v) is 13.4. The molecular weight excluding hydrogens is 766 g/mol. The molecule has 0 saturated carbocycles. The SMILES string of the molecule is O=C(COc1ccc(-c2ccc3c(c2)[nH]c2ccncc23)cn1)NCCOCCOCCOCCNC(=O)COc1cccc2c1C(=O)N(C1CCC(=O)NC1=O)C2=O. The van der Waals surface area contributed by atoms with E-state index in [0.717, 1.165) is 37.8 Å². The number of rotatable bonds is 20. The minimum atomic E-state index is -1.11. The third-order valence-electron chi connectivity index (χ3n) is 9.49. The van der Waals surface area contributed by atoms with E-state index in [-0.39, 0.29) is 62.0 Å². The molecule has 1 fully saturated rings. The Labute approximate surface area is 336 Å². The van der Waals surface area contributed by atoms with Gasteiger partial charge in [0.2, 0.25) is 17.7 Å². The number of nitrogens with zero attached hydrogens (tertiary/aromatic N) is 3. The van der Waals surface area contributed by atoms with Gasteiger partial charge in [0.1, 0.15) is 11.8 Å². The lowest BCUT2D eigenvalue weighted by molar-refractivity contribution is -0.136. The van der Waals surface area contributed by atoms with E-state index in [1.54, 1.807) is 18.5 Å². The average Bonchev–Trinajstić information content (AvgIpc) is 3.74. The van der Waals surface area contributed by atoms with Crippen LogP contribution in [-0.4, -0.2) is 127 Å². The van der Waals surface area contributed by atoms with Gasteiger partial charge in [-0.3, -0.25) is 44.0 Å². The van der Waals surface area contributed by atoms with Crippen LogP contribution in [0.15, 0.2) is 73.2 Å². The molecule has 6 amide bonds. The summed E-state index contributed by atoms with van der Waals surface area (Å²) in [6.45, 7) is 1.64. The standard InChI is InChI=1S/C41H41N7O11/c49-34-8-7-32(39(52)47-34)48-40(53)28-2-1-3-33(38(28)41(48)54)58-23-35(50)43-12-14-55-16-18-57-19-17-56-15-13-44-36(51)24-59-37-9-5-26(21-45-37)25-4-6-27-29-22-42-11-10-30(29)46-31(27)20-25/h1-6,9-11,20-22,32,46H,7-8,12-19,23-24H2,(H,43,50)(H,44,51)(H,47,49,52). The largest absolute Gasteiger partial charge is 0.483 e. The highest BCUT2D eigenvalue weighted by atomic mass is 16.5. The highest BCUT2D eigenvalue weighted by molar-refractivity contribution is 6.24. The van der Waals surface area contributed by atoms with Gasteiger partial charge >= 0.3 is 0 Å². The summed E-state index contributed by atoms with van der Waals surface area (Å²) in [4.78, 5) is 87.3. The number of carbonyl (C=O) groups excluding carboxylic acids is 6. The summed E-state index contributed by atoms with van der Waals surface area (Å²) < 4.78 is 27.5. The maximum atomic E-state index is 13.2. The predicted molar refractivity (Wildman–Crippen MR) is 209 cm³/mol. The first-order valence-electron chi connectivity index (χ1n) is 19.0. The second kappa shape index (κ2) is 19.1. The average molecular weight is 808 g/mol. The van der Waals surface area contributed by atoms with Crippen molar-refractivity contribution in [3.05, 3.63) is 84.3 Å². The van der Waals surface area contributed by atoms with Crippen LogP contribution in [0.5, 0.6) is 11.6 Å². The first kappa shape index (κ1) is 40.4. The van der Waals surface area contributed by atoms with Crippen LogP contribution in [0.25, 0.3) is 32.9 Å². The molecule has 1 unspecified atom stereocenters. The molecule has 18 nitrogen and oxygen atoms in total. The van der Waals surface area contributed by atoms with E-state index >= 15 is 0 Å². The van der Waals surface area contributed by atoms with Crippen LogP contribution in [0.3, 0.4) is 0 Å². The number of imide groups is 2. The maximum absolute atomic E-state index is 13.2. The van der Waals surface area contributed by atoms with Gasteiger partial charge in [0, 0.05) is 71.5 Å². The predicted octanol–water partition coefficient (Wildman–Crippen LogP) is 1.92. The summed E-state index contributed by atoms with van der Waals surface area (Å²) >= 11 is 0. The lowest BCUT2D eigenvalue weighted by Gasteiger charge is -2.27. The van der Waals surface area contributed by atoms with Gasteiger partial charge in [-0.2, -0.15) is 0 Å². The molecule has 2 aromatic carbocycles. The highest BCUT2D eigenvalue weighted by Crippen LogP contribution is 2.34. The number of pyridine rings is 2. The van der Waals surface area contributed by atoms with Crippen molar-refractivity contribution in [1.29, 1.82) is 0 Å². The summed E-state index contributed by atoms with van der Waals surface area (Å²) in [7, 11) is 0. The number of piperidine rings is 1. The van der Waals surface area contributed by atoms with Crippen LogP contribution in [0.2, 0.25) is 0 Å². The first-order valence-corrected chi connectivity index (χ1v) is 19.0. The fraction of sp³-hybridized carbons (Fsp3) is 0.317. The van der Waals surface area contributed by atoms with E-state index in [2.05, 4.69) is 43.0 Å². The number of nitrogens with one attached hydrogen (secondary N) is 4. The van der Waals surface area contributed by atoms with Gasteiger partial charge in [0.15, 0.2) is 13.2 Å². The normalized spacial score (nSPS) is 15.1. The molecule has 306 valence electrons. The Morgan fingerprint density at radius 1 is 0.746 bits per heavy atom. The summed E-state index contributed by atoms with van der Waals surface area (Å²) in [5.41, 5.74) is 3.96. The minimum Gasteiger partial charge on any atom is -0.483 e. The molecule has 5 aromatic rings. The first-order chi connectivity index (χ1) is 28.8. The quantitative estimate of drug-likeness (QED) is 0.0652. The summed E-state index contributed by atoms with van der Waals surface area (Å²) in [5.74, 6) is -2.98. The number of ether oxygens (including phenoxy) is 5. The maximum Gasteiger partial charge on any atom is 0.266 e. The molecule has 7 rings (SSSR count). The van der Waals surface area contributed by atoms with E-state index in [4.69, 9.17) is 23.7 Å². The smallest absolute Gasteiger partial charge is 0.266 e. The molecule has 4 N–H and O–H groups in total. The molecule has 2 aliphatic heterocycles. The van der Waals surface area contributed by atoms with Gasteiger partial charge in [-0.05, 0) is 42.3 Å². The van der Waals surface area contributed by atoms with Crippen LogP contribution < -0.4 is 25.4 Å². The molecule has 59 heavy (non-hydrogen) atoms. The topological polar surface area (TPSA) is 229 Å². The van der Waals surface area contributed by atoms with Gasteiger partial charge in [-0.15, -0.1) is 0 Å².